The molecule has 1 unspecified atom stereocenters. The SMILES string of the molecule is CCOCC(O)c1cc(C)nn1C. The molecule has 4 nitrogen and oxygen atoms in total. The van der Waals surface area contributed by atoms with Crippen LogP contribution in [0.5, 0.6) is 0 Å². The molecule has 13 heavy (non-hydrogen) atoms. The Kier molecular flexibility index (Phi) is 3.45. The van der Waals surface area contributed by atoms with Gasteiger partial charge in [0.1, 0.15) is 6.10 Å². The van der Waals surface area contributed by atoms with Gasteiger partial charge in [0.2, 0.25) is 0 Å². The van der Waals surface area contributed by atoms with Crippen LogP contribution in [0.4, 0.5) is 0 Å². The number of hydrogen-bond donors (Lipinski definition) is 1. The van der Waals surface area contributed by atoms with Crippen molar-refractivity contribution >= 4 is 0 Å². The van der Waals surface area contributed by atoms with E-state index in [-0.39, 0.29) is 0 Å². The van der Waals surface area contributed by atoms with Gasteiger partial charge in [-0.25, -0.2) is 0 Å². The van der Waals surface area contributed by atoms with Crippen molar-refractivity contribution in [3.05, 3.63) is 17.5 Å². The smallest absolute Gasteiger partial charge is 0.119 e. The molecule has 1 aromatic heterocycles. The van der Waals surface area contributed by atoms with Crippen LogP contribution in [0.25, 0.3) is 0 Å². The maximum Gasteiger partial charge on any atom is 0.119 e. The summed E-state index contributed by atoms with van der Waals surface area (Å²) < 4.78 is 6.80. The van der Waals surface area contributed by atoms with Gasteiger partial charge in [-0.2, -0.15) is 5.10 Å². The predicted molar refractivity (Wildman–Crippen MR) is 49.4 cm³/mol. The van der Waals surface area contributed by atoms with E-state index in [1.807, 2.05) is 27.0 Å². The number of hydrogen-bond acceptors (Lipinski definition) is 3. The van der Waals surface area contributed by atoms with E-state index in [2.05, 4.69) is 5.10 Å². The zero-order valence-corrected chi connectivity index (χ0v) is 8.32. The number of aryl methyl sites for hydroxylation is 2. The Bertz CT molecular complexity index is 271. The summed E-state index contributed by atoms with van der Waals surface area (Å²) in [5, 5.41) is 13.8. The largest absolute Gasteiger partial charge is 0.384 e. The Morgan fingerprint density at radius 3 is 2.85 bits per heavy atom. The lowest BCUT2D eigenvalue weighted by Gasteiger charge is -2.09. The molecule has 0 radical (unpaired) electrons. The molecule has 74 valence electrons. The fraction of sp³-hybridized carbons (Fsp3) is 0.667. The second-order valence-electron chi connectivity index (χ2n) is 3.01. The summed E-state index contributed by atoms with van der Waals surface area (Å²) >= 11 is 0. The first kappa shape index (κ1) is 10.2. The highest BCUT2D eigenvalue weighted by molar-refractivity contribution is 5.11. The summed E-state index contributed by atoms with van der Waals surface area (Å²) in [5.41, 5.74) is 1.71. The van der Waals surface area contributed by atoms with Gasteiger partial charge in [0, 0.05) is 13.7 Å². The lowest BCUT2D eigenvalue weighted by atomic mass is 10.2. The molecule has 0 aliphatic rings. The Morgan fingerprint density at radius 1 is 1.69 bits per heavy atom. The van der Waals surface area contributed by atoms with E-state index >= 15 is 0 Å². The first-order chi connectivity index (χ1) is 6.15. The topological polar surface area (TPSA) is 47.3 Å². The number of aliphatic hydroxyl groups is 1. The van der Waals surface area contributed by atoms with Crippen molar-refractivity contribution in [3.8, 4) is 0 Å². The summed E-state index contributed by atoms with van der Waals surface area (Å²) in [4.78, 5) is 0. The molecule has 0 spiro atoms. The lowest BCUT2D eigenvalue weighted by molar-refractivity contribution is 0.0377. The first-order valence-corrected chi connectivity index (χ1v) is 4.41. The van der Waals surface area contributed by atoms with Gasteiger partial charge in [-0.3, -0.25) is 4.68 Å². The first-order valence-electron chi connectivity index (χ1n) is 4.41. The molecule has 1 N–H and O–H groups in total. The second-order valence-corrected chi connectivity index (χ2v) is 3.01. The minimum atomic E-state index is -0.578. The van der Waals surface area contributed by atoms with Gasteiger partial charge in [-0.1, -0.05) is 0 Å². The predicted octanol–water partition coefficient (Wildman–Crippen LogP) is 0.798. The van der Waals surface area contributed by atoms with Gasteiger partial charge in [-0.15, -0.1) is 0 Å². The summed E-state index contributed by atoms with van der Waals surface area (Å²) in [6.07, 6.45) is -0.578. The maximum atomic E-state index is 9.66. The van der Waals surface area contributed by atoms with Crippen LogP contribution < -0.4 is 0 Å². The molecule has 1 aromatic rings. The van der Waals surface area contributed by atoms with Crippen LogP contribution in [0.2, 0.25) is 0 Å². The van der Waals surface area contributed by atoms with E-state index in [4.69, 9.17) is 4.74 Å². The molecule has 0 bridgehead atoms. The molecule has 0 fully saturated rings. The average Bonchev–Trinajstić information content (AvgIpc) is 2.41. The Morgan fingerprint density at radius 2 is 2.38 bits per heavy atom. The molecule has 0 saturated carbocycles. The number of aliphatic hydroxyl groups excluding tert-OH is 1. The van der Waals surface area contributed by atoms with Gasteiger partial charge in [0.15, 0.2) is 0 Å². The van der Waals surface area contributed by atoms with Crippen LogP contribution in [0.3, 0.4) is 0 Å². The third-order valence-electron chi connectivity index (χ3n) is 1.86. The van der Waals surface area contributed by atoms with E-state index < -0.39 is 6.10 Å². The van der Waals surface area contributed by atoms with Crippen LogP contribution in [-0.4, -0.2) is 28.1 Å². The molecule has 0 saturated heterocycles. The monoisotopic (exact) mass is 184 g/mol. The summed E-state index contributed by atoms with van der Waals surface area (Å²) in [5.74, 6) is 0. The minimum absolute atomic E-state index is 0.329. The zero-order valence-electron chi connectivity index (χ0n) is 8.32. The quantitative estimate of drug-likeness (QED) is 0.752. The van der Waals surface area contributed by atoms with E-state index in [1.54, 1.807) is 4.68 Å². The fourth-order valence-corrected chi connectivity index (χ4v) is 1.26. The van der Waals surface area contributed by atoms with Gasteiger partial charge >= 0.3 is 0 Å². The molecular formula is C9H16N2O2. The maximum absolute atomic E-state index is 9.66. The highest BCUT2D eigenvalue weighted by Crippen LogP contribution is 2.13. The summed E-state index contributed by atoms with van der Waals surface area (Å²) in [6, 6.07) is 1.86. The number of aromatic nitrogens is 2. The average molecular weight is 184 g/mol. The molecular weight excluding hydrogens is 168 g/mol. The van der Waals surface area contributed by atoms with Crippen molar-refractivity contribution in [3.63, 3.8) is 0 Å². The van der Waals surface area contributed by atoms with Crippen molar-refractivity contribution in [1.82, 2.24) is 9.78 Å². The standard InChI is InChI=1S/C9H16N2O2/c1-4-13-6-9(12)8-5-7(2)10-11(8)3/h5,9,12H,4,6H2,1-3H3. The van der Waals surface area contributed by atoms with Crippen molar-refractivity contribution < 1.29 is 9.84 Å². The van der Waals surface area contributed by atoms with Gasteiger partial charge in [0.25, 0.3) is 0 Å². The van der Waals surface area contributed by atoms with E-state index in [0.29, 0.717) is 13.2 Å². The van der Waals surface area contributed by atoms with Crippen LogP contribution in [0.15, 0.2) is 6.07 Å². The molecule has 0 aromatic carbocycles. The van der Waals surface area contributed by atoms with Gasteiger partial charge in [-0.05, 0) is 19.9 Å². The van der Waals surface area contributed by atoms with E-state index in [1.165, 1.54) is 0 Å². The number of nitrogens with zero attached hydrogens (tertiary/aromatic N) is 2. The van der Waals surface area contributed by atoms with E-state index in [0.717, 1.165) is 11.4 Å². The van der Waals surface area contributed by atoms with E-state index in [9.17, 15) is 5.11 Å². The third-order valence-corrected chi connectivity index (χ3v) is 1.86. The molecule has 1 atom stereocenters. The Labute approximate surface area is 78.1 Å². The fourth-order valence-electron chi connectivity index (χ4n) is 1.26. The number of rotatable bonds is 4. The second kappa shape index (κ2) is 4.39. The van der Waals surface area contributed by atoms with Gasteiger partial charge in [0.05, 0.1) is 18.0 Å². The van der Waals surface area contributed by atoms with Crippen LogP contribution in [0.1, 0.15) is 24.4 Å². The van der Waals surface area contributed by atoms with Crippen molar-refractivity contribution in [2.75, 3.05) is 13.2 Å². The molecule has 0 amide bonds. The van der Waals surface area contributed by atoms with Crippen molar-refractivity contribution in [2.45, 2.75) is 20.0 Å². The van der Waals surface area contributed by atoms with Gasteiger partial charge < -0.3 is 9.84 Å². The molecule has 0 aliphatic carbocycles. The van der Waals surface area contributed by atoms with Crippen molar-refractivity contribution in [1.29, 1.82) is 0 Å². The highest BCUT2D eigenvalue weighted by atomic mass is 16.5. The summed E-state index contributed by atoms with van der Waals surface area (Å²) in [6.45, 7) is 4.75. The van der Waals surface area contributed by atoms with Crippen molar-refractivity contribution in [2.24, 2.45) is 7.05 Å². The van der Waals surface area contributed by atoms with Crippen LogP contribution in [-0.2, 0) is 11.8 Å². The molecule has 1 rings (SSSR count). The number of ether oxygens (including phenoxy) is 1. The zero-order chi connectivity index (χ0) is 9.84. The molecule has 1 heterocycles. The summed E-state index contributed by atoms with van der Waals surface area (Å²) in [7, 11) is 1.82. The van der Waals surface area contributed by atoms with Crippen LogP contribution >= 0.6 is 0 Å². The third kappa shape index (κ3) is 2.54. The molecule has 0 aliphatic heterocycles. The molecule has 4 heteroatoms. The normalized spacial score (nSPS) is 13.2. The highest BCUT2D eigenvalue weighted by Gasteiger charge is 2.12. The minimum Gasteiger partial charge on any atom is -0.384 e. The Balaban J connectivity index is 2.64. The lowest BCUT2D eigenvalue weighted by Crippen LogP contribution is -2.11. The Hall–Kier alpha value is -0.870. The van der Waals surface area contributed by atoms with Crippen LogP contribution in [0, 0.1) is 6.92 Å².